The summed E-state index contributed by atoms with van der Waals surface area (Å²) in [6.07, 6.45) is 0.883. The van der Waals surface area contributed by atoms with Crippen molar-refractivity contribution < 1.29 is 13.9 Å². The molecule has 0 saturated carbocycles. The van der Waals surface area contributed by atoms with E-state index in [1.165, 1.54) is 12.1 Å². The first-order valence-electron chi connectivity index (χ1n) is 7.59. The number of methoxy groups -OCH3 is 1. The van der Waals surface area contributed by atoms with Crippen molar-refractivity contribution >= 4 is 5.96 Å². The number of benzene rings is 1. The van der Waals surface area contributed by atoms with Crippen molar-refractivity contribution in [3.05, 3.63) is 35.6 Å². The predicted octanol–water partition coefficient (Wildman–Crippen LogP) is 1.93. The molecule has 0 fully saturated rings. The van der Waals surface area contributed by atoms with Crippen molar-refractivity contribution in [3.63, 3.8) is 0 Å². The zero-order chi connectivity index (χ0) is 16.0. The molecular formula is C16H26FN3O2. The number of rotatable bonds is 10. The zero-order valence-electron chi connectivity index (χ0n) is 13.4. The molecule has 0 aliphatic rings. The number of nitrogens with zero attached hydrogens (tertiary/aromatic N) is 1. The van der Waals surface area contributed by atoms with Crippen LogP contribution in [0.3, 0.4) is 0 Å². The maximum Gasteiger partial charge on any atom is 0.191 e. The molecule has 0 aromatic heterocycles. The average Bonchev–Trinajstić information content (AvgIpc) is 2.51. The molecule has 6 heteroatoms. The molecule has 2 N–H and O–H groups in total. The number of hydrogen-bond donors (Lipinski definition) is 2. The lowest BCUT2D eigenvalue weighted by atomic mass is 10.2. The van der Waals surface area contributed by atoms with Crippen molar-refractivity contribution in [2.45, 2.75) is 19.9 Å². The molecule has 0 aliphatic heterocycles. The minimum absolute atomic E-state index is 0.237. The van der Waals surface area contributed by atoms with Gasteiger partial charge in [-0.3, -0.25) is 0 Å². The Balaban J connectivity index is 2.30. The van der Waals surface area contributed by atoms with Crippen LogP contribution in [0.15, 0.2) is 29.3 Å². The van der Waals surface area contributed by atoms with Gasteiger partial charge in [0.05, 0.1) is 19.8 Å². The summed E-state index contributed by atoms with van der Waals surface area (Å²) in [7, 11) is 1.66. The molecule has 22 heavy (non-hydrogen) atoms. The first-order chi connectivity index (χ1) is 10.8. The lowest BCUT2D eigenvalue weighted by Gasteiger charge is -2.11. The fourth-order valence-corrected chi connectivity index (χ4v) is 1.77. The summed E-state index contributed by atoms with van der Waals surface area (Å²) >= 11 is 0. The Morgan fingerprint density at radius 1 is 1.23 bits per heavy atom. The molecule has 1 aromatic carbocycles. The average molecular weight is 311 g/mol. The van der Waals surface area contributed by atoms with Crippen molar-refractivity contribution in [1.29, 1.82) is 0 Å². The van der Waals surface area contributed by atoms with Gasteiger partial charge in [-0.1, -0.05) is 12.1 Å². The molecule has 1 aromatic rings. The molecule has 0 atom stereocenters. The van der Waals surface area contributed by atoms with Gasteiger partial charge < -0.3 is 20.1 Å². The minimum atomic E-state index is -0.237. The van der Waals surface area contributed by atoms with E-state index in [4.69, 9.17) is 9.47 Å². The van der Waals surface area contributed by atoms with Gasteiger partial charge in [-0.2, -0.15) is 0 Å². The minimum Gasteiger partial charge on any atom is -0.382 e. The molecule has 0 heterocycles. The molecule has 0 aliphatic carbocycles. The van der Waals surface area contributed by atoms with Gasteiger partial charge in [-0.05, 0) is 31.0 Å². The summed E-state index contributed by atoms with van der Waals surface area (Å²) in [6, 6.07) is 6.48. The van der Waals surface area contributed by atoms with Crippen LogP contribution in [0.25, 0.3) is 0 Å². The molecule has 0 spiro atoms. The van der Waals surface area contributed by atoms with Crippen LogP contribution in [0.5, 0.6) is 0 Å². The number of halogens is 1. The SMILES string of the molecule is CCNC(=NCc1cccc(F)c1)NCCCOCCOC. The number of guanidine groups is 1. The first kappa shape index (κ1) is 18.4. The smallest absolute Gasteiger partial charge is 0.191 e. The van der Waals surface area contributed by atoms with Crippen LogP contribution in [0, 0.1) is 5.82 Å². The van der Waals surface area contributed by atoms with E-state index in [1.54, 1.807) is 13.2 Å². The van der Waals surface area contributed by atoms with E-state index in [0.717, 1.165) is 31.0 Å². The topological polar surface area (TPSA) is 54.9 Å². The van der Waals surface area contributed by atoms with Crippen LogP contribution in [0.2, 0.25) is 0 Å². The Morgan fingerprint density at radius 3 is 2.82 bits per heavy atom. The third kappa shape index (κ3) is 8.59. The predicted molar refractivity (Wildman–Crippen MR) is 86.5 cm³/mol. The van der Waals surface area contributed by atoms with Gasteiger partial charge in [0.2, 0.25) is 0 Å². The Hall–Kier alpha value is -1.66. The third-order valence-electron chi connectivity index (χ3n) is 2.84. The standard InChI is InChI=1S/C16H26FN3O2/c1-3-18-16(19-8-5-9-22-11-10-21-2)20-13-14-6-4-7-15(17)12-14/h4,6-7,12H,3,5,8-11,13H2,1-2H3,(H2,18,19,20). The fourth-order valence-electron chi connectivity index (χ4n) is 1.77. The summed E-state index contributed by atoms with van der Waals surface area (Å²) in [4.78, 5) is 4.44. The Labute approximate surface area is 131 Å². The summed E-state index contributed by atoms with van der Waals surface area (Å²) in [5.41, 5.74) is 0.847. The molecule has 0 unspecified atom stereocenters. The summed E-state index contributed by atoms with van der Waals surface area (Å²) in [5.74, 6) is 0.488. The van der Waals surface area contributed by atoms with Crippen LogP contribution < -0.4 is 10.6 Å². The lowest BCUT2D eigenvalue weighted by Crippen LogP contribution is -2.38. The molecular weight excluding hydrogens is 285 g/mol. The lowest BCUT2D eigenvalue weighted by molar-refractivity contribution is 0.0698. The van der Waals surface area contributed by atoms with Crippen LogP contribution in [0.1, 0.15) is 18.9 Å². The van der Waals surface area contributed by atoms with Crippen molar-refractivity contribution in [3.8, 4) is 0 Å². The maximum absolute atomic E-state index is 13.1. The quantitative estimate of drug-likeness (QED) is 0.394. The molecule has 5 nitrogen and oxygen atoms in total. The molecule has 0 amide bonds. The van der Waals surface area contributed by atoms with Crippen LogP contribution in [-0.4, -0.2) is 46.0 Å². The van der Waals surface area contributed by atoms with E-state index in [0.29, 0.717) is 26.4 Å². The van der Waals surface area contributed by atoms with Gasteiger partial charge in [-0.15, -0.1) is 0 Å². The Kier molecular flexibility index (Phi) is 9.98. The largest absolute Gasteiger partial charge is 0.382 e. The molecule has 124 valence electrons. The molecule has 0 bridgehead atoms. The van der Waals surface area contributed by atoms with E-state index in [1.807, 2.05) is 13.0 Å². The molecule has 1 rings (SSSR count). The second-order valence-electron chi connectivity index (χ2n) is 4.71. The normalized spacial score (nSPS) is 11.5. The molecule has 0 radical (unpaired) electrons. The summed E-state index contributed by atoms with van der Waals surface area (Å²) in [5, 5.41) is 6.39. The highest BCUT2D eigenvalue weighted by Crippen LogP contribution is 2.04. The first-order valence-corrected chi connectivity index (χ1v) is 7.59. The van der Waals surface area contributed by atoms with Gasteiger partial charge in [0.15, 0.2) is 5.96 Å². The maximum atomic E-state index is 13.1. The monoisotopic (exact) mass is 311 g/mol. The van der Waals surface area contributed by atoms with Crippen molar-refractivity contribution in [2.75, 3.05) is 40.0 Å². The van der Waals surface area contributed by atoms with E-state index in [2.05, 4.69) is 15.6 Å². The molecule has 0 saturated heterocycles. The highest BCUT2D eigenvalue weighted by molar-refractivity contribution is 5.79. The van der Waals surface area contributed by atoms with Gasteiger partial charge in [0, 0.05) is 26.8 Å². The van der Waals surface area contributed by atoms with E-state index >= 15 is 0 Å². The Bertz CT molecular complexity index is 441. The van der Waals surface area contributed by atoms with Gasteiger partial charge in [0.25, 0.3) is 0 Å². The van der Waals surface area contributed by atoms with Gasteiger partial charge in [0.1, 0.15) is 5.82 Å². The van der Waals surface area contributed by atoms with Crippen molar-refractivity contribution in [2.24, 2.45) is 4.99 Å². The number of aliphatic imine (C=N–C) groups is 1. The summed E-state index contributed by atoms with van der Waals surface area (Å²) in [6.45, 7) is 5.90. The van der Waals surface area contributed by atoms with Crippen LogP contribution in [0.4, 0.5) is 4.39 Å². The highest BCUT2D eigenvalue weighted by Gasteiger charge is 1.98. The zero-order valence-corrected chi connectivity index (χ0v) is 13.4. The third-order valence-corrected chi connectivity index (χ3v) is 2.84. The highest BCUT2D eigenvalue weighted by atomic mass is 19.1. The van der Waals surface area contributed by atoms with Crippen LogP contribution >= 0.6 is 0 Å². The summed E-state index contributed by atoms with van der Waals surface area (Å²) < 4.78 is 23.4. The fraction of sp³-hybridized carbons (Fsp3) is 0.562. The van der Waals surface area contributed by atoms with Gasteiger partial charge >= 0.3 is 0 Å². The number of ether oxygens (including phenoxy) is 2. The number of hydrogen-bond acceptors (Lipinski definition) is 3. The second kappa shape index (κ2) is 11.9. The van der Waals surface area contributed by atoms with E-state index < -0.39 is 0 Å². The second-order valence-corrected chi connectivity index (χ2v) is 4.71. The van der Waals surface area contributed by atoms with Crippen molar-refractivity contribution in [1.82, 2.24) is 10.6 Å². The Morgan fingerprint density at radius 2 is 2.09 bits per heavy atom. The van der Waals surface area contributed by atoms with E-state index in [9.17, 15) is 4.39 Å². The van der Waals surface area contributed by atoms with E-state index in [-0.39, 0.29) is 5.82 Å². The number of nitrogens with one attached hydrogen (secondary N) is 2. The van der Waals surface area contributed by atoms with Gasteiger partial charge in [-0.25, -0.2) is 9.38 Å². The van der Waals surface area contributed by atoms with Crippen LogP contribution in [-0.2, 0) is 16.0 Å².